The van der Waals surface area contributed by atoms with E-state index in [1.54, 1.807) is 6.07 Å². The van der Waals surface area contributed by atoms with Crippen LogP contribution < -0.4 is 0 Å². The number of hydrogen-bond acceptors (Lipinski definition) is 1. The molecular formula is C15H21FN2. The van der Waals surface area contributed by atoms with Crippen molar-refractivity contribution >= 4 is 5.65 Å². The van der Waals surface area contributed by atoms with Crippen molar-refractivity contribution in [2.75, 3.05) is 0 Å². The van der Waals surface area contributed by atoms with Crippen molar-refractivity contribution in [2.24, 2.45) is 0 Å². The number of aromatic nitrogens is 2. The zero-order chi connectivity index (χ0) is 13.7. The lowest BCUT2D eigenvalue weighted by atomic mass is 9.82. The van der Waals surface area contributed by atoms with Gasteiger partial charge in [0.2, 0.25) is 0 Å². The Balaban J connectivity index is 2.87. The maximum Gasteiger partial charge on any atom is 0.139 e. The van der Waals surface area contributed by atoms with Crippen LogP contribution in [-0.4, -0.2) is 9.38 Å². The van der Waals surface area contributed by atoms with E-state index in [9.17, 15) is 4.39 Å². The summed E-state index contributed by atoms with van der Waals surface area (Å²) in [5.41, 5.74) is 2.82. The molecule has 18 heavy (non-hydrogen) atoms. The lowest BCUT2D eigenvalue weighted by Gasteiger charge is -2.25. The molecule has 0 N–H and O–H groups in total. The van der Waals surface area contributed by atoms with E-state index in [2.05, 4.69) is 46.5 Å². The Morgan fingerprint density at radius 3 is 2.11 bits per heavy atom. The molecule has 98 valence electrons. The van der Waals surface area contributed by atoms with Crippen LogP contribution >= 0.6 is 0 Å². The molecule has 0 fully saturated rings. The SMILES string of the molecule is CC(C)(C)c1nc2ccc(F)cn2c1C(C)(C)C. The van der Waals surface area contributed by atoms with Crippen molar-refractivity contribution in [3.8, 4) is 0 Å². The van der Waals surface area contributed by atoms with E-state index in [-0.39, 0.29) is 16.6 Å². The molecule has 0 aliphatic heterocycles. The minimum absolute atomic E-state index is 0.0505. The molecule has 2 aromatic heterocycles. The van der Waals surface area contributed by atoms with Gasteiger partial charge >= 0.3 is 0 Å². The van der Waals surface area contributed by atoms with Crippen LogP contribution in [0.4, 0.5) is 4.39 Å². The first-order chi connectivity index (χ1) is 8.10. The Bertz CT molecular complexity index is 583. The standard InChI is InChI=1S/C15H21FN2/c1-14(2,3)12-13(15(4,5)6)18-9-10(16)7-8-11(18)17-12/h7-9H,1-6H3. The zero-order valence-electron chi connectivity index (χ0n) is 12.0. The summed E-state index contributed by atoms with van der Waals surface area (Å²) < 4.78 is 15.3. The van der Waals surface area contributed by atoms with Gasteiger partial charge in [-0.15, -0.1) is 0 Å². The molecule has 0 amide bonds. The highest BCUT2D eigenvalue weighted by Crippen LogP contribution is 2.34. The van der Waals surface area contributed by atoms with Crippen LogP contribution in [0.15, 0.2) is 18.3 Å². The predicted molar refractivity (Wildman–Crippen MR) is 72.6 cm³/mol. The lowest BCUT2D eigenvalue weighted by Crippen LogP contribution is -2.23. The smallest absolute Gasteiger partial charge is 0.139 e. The van der Waals surface area contributed by atoms with Gasteiger partial charge < -0.3 is 4.40 Å². The van der Waals surface area contributed by atoms with Crippen LogP contribution in [0.3, 0.4) is 0 Å². The van der Waals surface area contributed by atoms with Gasteiger partial charge in [0.25, 0.3) is 0 Å². The second-order valence-corrected chi connectivity index (χ2v) is 6.88. The largest absolute Gasteiger partial charge is 0.300 e. The van der Waals surface area contributed by atoms with Gasteiger partial charge in [0.15, 0.2) is 0 Å². The van der Waals surface area contributed by atoms with Crippen molar-refractivity contribution in [3.05, 3.63) is 35.5 Å². The van der Waals surface area contributed by atoms with Crippen molar-refractivity contribution in [1.82, 2.24) is 9.38 Å². The fourth-order valence-electron chi connectivity index (χ4n) is 2.26. The van der Waals surface area contributed by atoms with Crippen LogP contribution in [-0.2, 0) is 10.8 Å². The van der Waals surface area contributed by atoms with Crippen LogP contribution in [0.5, 0.6) is 0 Å². The molecule has 0 bridgehead atoms. The van der Waals surface area contributed by atoms with Crippen LogP contribution in [0, 0.1) is 5.82 Å². The molecule has 0 aliphatic carbocycles. The average Bonchev–Trinajstić information content (AvgIpc) is 2.54. The van der Waals surface area contributed by atoms with Gasteiger partial charge in [0.05, 0.1) is 11.4 Å². The van der Waals surface area contributed by atoms with E-state index in [1.165, 1.54) is 12.3 Å². The minimum atomic E-state index is -0.231. The Morgan fingerprint density at radius 2 is 1.61 bits per heavy atom. The highest BCUT2D eigenvalue weighted by Gasteiger charge is 2.30. The molecule has 2 rings (SSSR count). The fraction of sp³-hybridized carbons (Fsp3) is 0.533. The van der Waals surface area contributed by atoms with E-state index >= 15 is 0 Å². The second kappa shape index (κ2) is 3.81. The third-order valence-corrected chi connectivity index (χ3v) is 3.00. The van der Waals surface area contributed by atoms with E-state index in [1.807, 2.05) is 4.40 Å². The first-order valence-corrected chi connectivity index (χ1v) is 6.29. The second-order valence-electron chi connectivity index (χ2n) is 6.88. The maximum absolute atomic E-state index is 13.5. The third-order valence-electron chi connectivity index (χ3n) is 3.00. The molecule has 0 aromatic carbocycles. The highest BCUT2D eigenvalue weighted by molar-refractivity contribution is 5.47. The molecule has 0 aliphatic rings. The van der Waals surface area contributed by atoms with Gasteiger partial charge in [-0.3, -0.25) is 0 Å². The summed E-state index contributed by atoms with van der Waals surface area (Å²) in [6, 6.07) is 3.20. The quantitative estimate of drug-likeness (QED) is 0.687. The summed E-state index contributed by atoms with van der Waals surface area (Å²) >= 11 is 0. The van der Waals surface area contributed by atoms with Gasteiger partial charge in [-0.1, -0.05) is 41.5 Å². The molecule has 0 atom stereocenters. The molecule has 0 unspecified atom stereocenters. The van der Waals surface area contributed by atoms with Crippen LogP contribution in [0.1, 0.15) is 52.9 Å². The molecule has 2 heterocycles. The Labute approximate surface area is 108 Å². The summed E-state index contributed by atoms with van der Waals surface area (Å²) in [5, 5.41) is 0. The molecule has 2 aromatic rings. The Hall–Kier alpha value is -1.38. The predicted octanol–water partition coefficient (Wildman–Crippen LogP) is 4.07. The summed E-state index contributed by atoms with van der Waals surface area (Å²) in [5.74, 6) is -0.231. The van der Waals surface area contributed by atoms with Crippen LogP contribution in [0.2, 0.25) is 0 Å². The summed E-state index contributed by atoms with van der Waals surface area (Å²) in [6.45, 7) is 12.8. The number of rotatable bonds is 0. The van der Waals surface area contributed by atoms with E-state index in [0.29, 0.717) is 0 Å². The fourth-order valence-corrected chi connectivity index (χ4v) is 2.26. The molecule has 2 nitrogen and oxygen atoms in total. The molecular weight excluding hydrogens is 227 g/mol. The van der Waals surface area contributed by atoms with Gasteiger partial charge in [-0.05, 0) is 12.1 Å². The molecule has 0 radical (unpaired) electrons. The number of halogens is 1. The Morgan fingerprint density at radius 1 is 1.00 bits per heavy atom. The number of hydrogen-bond donors (Lipinski definition) is 0. The average molecular weight is 248 g/mol. The highest BCUT2D eigenvalue weighted by atomic mass is 19.1. The normalized spacial score (nSPS) is 13.3. The summed E-state index contributed by atoms with van der Waals surface area (Å²) in [4.78, 5) is 4.69. The lowest BCUT2D eigenvalue weighted by molar-refractivity contribution is 0.504. The minimum Gasteiger partial charge on any atom is -0.300 e. The van der Waals surface area contributed by atoms with Crippen molar-refractivity contribution in [1.29, 1.82) is 0 Å². The third kappa shape index (κ3) is 2.14. The first kappa shape index (κ1) is 13.1. The van der Waals surface area contributed by atoms with Crippen molar-refractivity contribution < 1.29 is 4.39 Å². The van der Waals surface area contributed by atoms with Gasteiger partial charge in [0.1, 0.15) is 11.5 Å². The van der Waals surface area contributed by atoms with Gasteiger partial charge in [-0.2, -0.15) is 0 Å². The molecule has 3 heteroatoms. The monoisotopic (exact) mass is 248 g/mol. The number of nitrogens with zero attached hydrogens (tertiary/aromatic N) is 2. The number of pyridine rings is 1. The van der Waals surface area contributed by atoms with Gasteiger partial charge in [-0.25, -0.2) is 9.37 Å². The first-order valence-electron chi connectivity index (χ1n) is 6.29. The van der Waals surface area contributed by atoms with Gasteiger partial charge in [0, 0.05) is 17.0 Å². The zero-order valence-corrected chi connectivity index (χ0v) is 12.0. The van der Waals surface area contributed by atoms with E-state index < -0.39 is 0 Å². The van der Waals surface area contributed by atoms with E-state index in [4.69, 9.17) is 0 Å². The molecule has 0 saturated heterocycles. The molecule has 0 spiro atoms. The number of imidazole rings is 1. The number of fused-ring (bicyclic) bond motifs is 1. The topological polar surface area (TPSA) is 17.3 Å². The van der Waals surface area contributed by atoms with Crippen molar-refractivity contribution in [2.45, 2.75) is 52.4 Å². The summed E-state index contributed by atoms with van der Waals surface area (Å²) in [6.07, 6.45) is 1.53. The Kier molecular flexibility index (Phi) is 2.76. The van der Waals surface area contributed by atoms with Crippen molar-refractivity contribution in [3.63, 3.8) is 0 Å². The maximum atomic E-state index is 13.5. The summed E-state index contributed by atoms with van der Waals surface area (Å²) in [7, 11) is 0. The van der Waals surface area contributed by atoms with Crippen LogP contribution in [0.25, 0.3) is 5.65 Å². The van der Waals surface area contributed by atoms with E-state index in [0.717, 1.165) is 17.0 Å². The molecule has 0 saturated carbocycles.